The molecule has 0 fully saturated rings. The summed E-state index contributed by atoms with van der Waals surface area (Å²) in [5.74, 6) is 1.16. The molecule has 2 heterocycles. The third-order valence-corrected chi connectivity index (χ3v) is 2.76. The van der Waals surface area contributed by atoms with Crippen molar-refractivity contribution in [2.45, 2.75) is 0 Å². The first kappa shape index (κ1) is 11.9. The van der Waals surface area contributed by atoms with Gasteiger partial charge in [-0.3, -0.25) is 0 Å². The van der Waals surface area contributed by atoms with E-state index in [4.69, 9.17) is 10.00 Å². The van der Waals surface area contributed by atoms with Crippen molar-refractivity contribution in [1.82, 2.24) is 15.0 Å². The molecule has 5 nitrogen and oxygen atoms in total. The number of aromatic amines is 1. The van der Waals surface area contributed by atoms with Crippen LogP contribution in [0.5, 0.6) is 11.6 Å². The summed E-state index contributed by atoms with van der Waals surface area (Å²) < 4.78 is 5.78. The summed E-state index contributed by atoms with van der Waals surface area (Å²) in [5.41, 5.74) is 1.48. The summed E-state index contributed by atoms with van der Waals surface area (Å²) in [5, 5.41) is 9.38. The van der Waals surface area contributed by atoms with Crippen LogP contribution < -0.4 is 4.74 Å². The van der Waals surface area contributed by atoms with E-state index in [9.17, 15) is 0 Å². The molecule has 2 aromatic heterocycles. The molecule has 0 aliphatic heterocycles. The predicted molar refractivity (Wildman–Crippen MR) is 75.1 cm³/mol. The molecule has 0 unspecified atom stereocenters. The lowest BCUT2D eigenvalue weighted by Gasteiger charge is -2.05. The number of benzene rings is 1. The van der Waals surface area contributed by atoms with Gasteiger partial charge in [-0.25, -0.2) is 9.97 Å². The van der Waals surface area contributed by atoms with E-state index in [1.165, 1.54) is 12.4 Å². The zero-order valence-electron chi connectivity index (χ0n) is 10.4. The van der Waals surface area contributed by atoms with Crippen molar-refractivity contribution in [2.24, 2.45) is 0 Å². The van der Waals surface area contributed by atoms with Crippen LogP contribution in [0, 0.1) is 11.3 Å². The third kappa shape index (κ3) is 2.22. The van der Waals surface area contributed by atoms with Crippen molar-refractivity contribution < 1.29 is 4.74 Å². The molecule has 0 bridgehead atoms. The molecule has 0 atom stereocenters. The number of fused-ring (bicyclic) bond motifs is 1. The van der Waals surface area contributed by atoms with Crippen LogP contribution in [0.2, 0.25) is 0 Å². The summed E-state index contributed by atoms with van der Waals surface area (Å²) in [6.07, 6.45) is 6.31. The second kappa shape index (κ2) is 5.24. The normalized spacial score (nSPS) is 10.8. The van der Waals surface area contributed by atoms with Crippen LogP contribution in [-0.4, -0.2) is 15.0 Å². The molecule has 0 spiro atoms. The topological polar surface area (TPSA) is 74.6 Å². The van der Waals surface area contributed by atoms with Crippen molar-refractivity contribution in [3.63, 3.8) is 0 Å². The van der Waals surface area contributed by atoms with Crippen molar-refractivity contribution >= 4 is 17.1 Å². The second-order valence-electron chi connectivity index (χ2n) is 4.02. The van der Waals surface area contributed by atoms with Gasteiger partial charge in [-0.1, -0.05) is 18.2 Å². The van der Waals surface area contributed by atoms with Crippen LogP contribution in [0.25, 0.3) is 17.1 Å². The smallest absolute Gasteiger partial charge is 0.232 e. The Labute approximate surface area is 115 Å². The zero-order chi connectivity index (χ0) is 13.8. The number of hydrogen-bond acceptors (Lipinski definition) is 4. The van der Waals surface area contributed by atoms with E-state index in [2.05, 4.69) is 15.0 Å². The van der Waals surface area contributed by atoms with Gasteiger partial charge in [-0.05, 0) is 18.2 Å². The number of H-pyrrole nitrogens is 1. The number of allylic oxidation sites excluding steroid dienone is 1. The predicted octanol–water partition coefficient (Wildman–Crippen LogP) is 3.29. The maximum Gasteiger partial charge on any atom is 0.232 e. The second-order valence-corrected chi connectivity index (χ2v) is 4.02. The van der Waals surface area contributed by atoms with E-state index in [-0.39, 0.29) is 0 Å². The molecule has 0 saturated carbocycles. The first-order chi connectivity index (χ1) is 9.88. The molecule has 1 N–H and O–H groups in total. The van der Waals surface area contributed by atoms with E-state index < -0.39 is 0 Å². The lowest BCUT2D eigenvalue weighted by molar-refractivity contribution is 0.468. The molecule has 0 aliphatic rings. The molecular weight excluding hydrogens is 252 g/mol. The number of rotatable bonds is 3. The van der Waals surface area contributed by atoms with Crippen LogP contribution >= 0.6 is 0 Å². The molecule has 1 aromatic carbocycles. The Morgan fingerprint density at radius 1 is 1.20 bits per heavy atom. The number of nitrogens with zero attached hydrogens (tertiary/aromatic N) is 3. The quantitative estimate of drug-likeness (QED) is 0.735. The van der Waals surface area contributed by atoms with Crippen molar-refractivity contribution in [1.29, 1.82) is 5.26 Å². The van der Waals surface area contributed by atoms with Crippen molar-refractivity contribution in [2.75, 3.05) is 0 Å². The Kier molecular flexibility index (Phi) is 3.13. The van der Waals surface area contributed by atoms with Gasteiger partial charge in [0, 0.05) is 17.8 Å². The summed E-state index contributed by atoms with van der Waals surface area (Å²) in [4.78, 5) is 11.4. The largest absolute Gasteiger partial charge is 0.438 e. The average molecular weight is 262 g/mol. The fourth-order valence-corrected chi connectivity index (χ4v) is 1.89. The molecule has 0 amide bonds. The van der Waals surface area contributed by atoms with Crippen LogP contribution in [0.3, 0.4) is 0 Å². The lowest BCUT2D eigenvalue weighted by atomic mass is 10.2. The molecule has 5 heteroatoms. The Morgan fingerprint density at radius 2 is 2.05 bits per heavy atom. The average Bonchev–Trinajstić information content (AvgIpc) is 2.90. The van der Waals surface area contributed by atoms with Gasteiger partial charge < -0.3 is 9.72 Å². The highest BCUT2D eigenvalue weighted by atomic mass is 16.5. The number of ether oxygens (including phenoxy) is 1. The molecule has 0 radical (unpaired) electrons. The summed E-state index contributed by atoms with van der Waals surface area (Å²) in [6, 6.07) is 11.4. The standard InChI is InChI=1S/C15H10N4O/c16-8-4-5-11-9-17-14-13(11)15(19-10-18-14)20-12-6-2-1-3-7-12/h1-7,9-10H,(H,17,18,19). The van der Waals surface area contributed by atoms with Crippen molar-refractivity contribution in [3.8, 4) is 17.7 Å². The Bertz CT molecular complexity index is 800. The Morgan fingerprint density at radius 3 is 2.85 bits per heavy atom. The van der Waals surface area contributed by atoms with Crippen molar-refractivity contribution in [3.05, 3.63) is 54.5 Å². The van der Waals surface area contributed by atoms with E-state index in [0.717, 1.165) is 10.9 Å². The molecule has 20 heavy (non-hydrogen) atoms. The highest BCUT2D eigenvalue weighted by molar-refractivity contribution is 5.90. The SMILES string of the molecule is N#CC=Cc1c[nH]c2ncnc(Oc3ccccc3)c12. The van der Waals surface area contributed by atoms with Crippen LogP contribution in [0.4, 0.5) is 0 Å². The zero-order valence-corrected chi connectivity index (χ0v) is 10.4. The molecular formula is C15H10N4O. The van der Waals surface area contributed by atoms with E-state index in [0.29, 0.717) is 17.3 Å². The minimum Gasteiger partial charge on any atom is -0.438 e. The monoisotopic (exact) mass is 262 g/mol. The maximum atomic E-state index is 8.63. The van der Waals surface area contributed by atoms with Gasteiger partial charge in [0.2, 0.25) is 5.88 Å². The Balaban J connectivity index is 2.08. The number of aromatic nitrogens is 3. The first-order valence-corrected chi connectivity index (χ1v) is 5.99. The minimum atomic E-state index is 0.458. The fraction of sp³-hybridized carbons (Fsp3) is 0. The van der Waals surface area contributed by atoms with Gasteiger partial charge in [-0.15, -0.1) is 0 Å². The number of hydrogen-bond donors (Lipinski definition) is 1. The van der Waals surface area contributed by atoms with Gasteiger partial charge in [0.05, 0.1) is 11.5 Å². The highest BCUT2D eigenvalue weighted by Gasteiger charge is 2.11. The maximum absolute atomic E-state index is 8.63. The molecule has 3 rings (SSSR count). The van der Waals surface area contributed by atoms with Crippen LogP contribution in [0.15, 0.2) is 48.9 Å². The van der Waals surface area contributed by atoms with E-state index in [1.807, 2.05) is 36.4 Å². The van der Waals surface area contributed by atoms with E-state index >= 15 is 0 Å². The van der Waals surface area contributed by atoms with Crippen LogP contribution in [-0.2, 0) is 0 Å². The lowest BCUT2D eigenvalue weighted by Crippen LogP contribution is -1.90. The molecule has 0 aliphatic carbocycles. The summed E-state index contributed by atoms with van der Waals surface area (Å²) in [6.45, 7) is 0. The highest BCUT2D eigenvalue weighted by Crippen LogP contribution is 2.29. The fourth-order valence-electron chi connectivity index (χ4n) is 1.89. The molecule has 0 saturated heterocycles. The third-order valence-electron chi connectivity index (χ3n) is 2.76. The van der Waals surface area contributed by atoms with E-state index in [1.54, 1.807) is 12.3 Å². The van der Waals surface area contributed by atoms with Gasteiger partial charge in [0.25, 0.3) is 0 Å². The first-order valence-electron chi connectivity index (χ1n) is 5.99. The molecule has 3 aromatic rings. The van der Waals surface area contributed by atoms with Gasteiger partial charge in [0.15, 0.2) is 0 Å². The van der Waals surface area contributed by atoms with Gasteiger partial charge >= 0.3 is 0 Å². The Hall–Kier alpha value is -3.13. The van der Waals surface area contributed by atoms with Gasteiger partial charge in [0.1, 0.15) is 17.7 Å². The number of nitriles is 1. The van der Waals surface area contributed by atoms with Crippen LogP contribution in [0.1, 0.15) is 5.56 Å². The summed E-state index contributed by atoms with van der Waals surface area (Å²) >= 11 is 0. The number of para-hydroxylation sites is 1. The minimum absolute atomic E-state index is 0.458. The molecule has 96 valence electrons. The summed E-state index contributed by atoms with van der Waals surface area (Å²) in [7, 11) is 0. The number of nitrogens with one attached hydrogen (secondary N) is 1. The van der Waals surface area contributed by atoms with Gasteiger partial charge in [-0.2, -0.15) is 5.26 Å².